The highest BCUT2D eigenvalue weighted by Gasteiger charge is 2.13. The van der Waals surface area contributed by atoms with Crippen LogP contribution in [-0.2, 0) is 14.8 Å². The molecular weight excluding hydrogens is 460 g/mol. The number of sulfonamides is 1. The Bertz CT molecular complexity index is 1040. The lowest BCUT2D eigenvalue weighted by molar-refractivity contribution is -0.113. The molecule has 3 aromatic rings. The third-order valence-electron chi connectivity index (χ3n) is 3.66. The van der Waals surface area contributed by atoms with Gasteiger partial charge in [0.25, 0.3) is 10.0 Å². The smallest absolute Gasteiger partial charge is 0.261 e. The van der Waals surface area contributed by atoms with Gasteiger partial charge >= 0.3 is 0 Å². The van der Waals surface area contributed by atoms with Crippen molar-refractivity contribution in [3.8, 4) is 0 Å². The fraction of sp³-hybridized carbons (Fsp3) is 0.0500. The SMILES string of the molecule is O=C(CSc1ccc(NS(=O)(=O)c2ccccc2)cc1)Nc1ccc(Br)cc1. The van der Waals surface area contributed by atoms with E-state index in [2.05, 4.69) is 26.0 Å². The number of thioether (sulfide) groups is 1. The van der Waals surface area contributed by atoms with Crippen LogP contribution in [0.4, 0.5) is 11.4 Å². The Morgan fingerprint density at radius 2 is 1.46 bits per heavy atom. The monoisotopic (exact) mass is 476 g/mol. The van der Waals surface area contributed by atoms with Crippen LogP contribution in [0.2, 0.25) is 0 Å². The van der Waals surface area contributed by atoms with E-state index in [1.807, 2.05) is 24.3 Å². The fourth-order valence-corrected chi connectivity index (χ4v) is 4.35. The number of hydrogen-bond acceptors (Lipinski definition) is 4. The van der Waals surface area contributed by atoms with Crippen molar-refractivity contribution in [2.75, 3.05) is 15.8 Å². The Morgan fingerprint density at radius 1 is 0.857 bits per heavy atom. The summed E-state index contributed by atoms with van der Waals surface area (Å²) in [7, 11) is -3.61. The molecule has 0 spiro atoms. The molecule has 0 saturated carbocycles. The van der Waals surface area contributed by atoms with Crippen molar-refractivity contribution in [3.05, 3.63) is 83.3 Å². The predicted octanol–water partition coefficient (Wildman–Crippen LogP) is 4.98. The molecule has 28 heavy (non-hydrogen) atoms. The zero-order chi connectivity index (χ0) is 20.0. The van der Waals surface area contributed by atoms with Gasteiger partial charge in [0.1, 0.15) is 0 Å². The summed E-state index contributed by atoms with van der Waals surface area (Å²) in [4.78, 5) is 13.1. The van der Waals surface area contributed by atoms with Gasteiger partial charge in [0.15, 0.2) is 0 Å². The lowest BCUT2D eigenvalue weighted by atomic mass is 10.3. The quantitative estimate of drug-likeness (QED) is 0.471. The van der Waals surface area contributed by atoms with Gasteiger partial charge < -0.3 is 5.32 Å². The normalized spacial score (nSPS) is 11.0. The minimum absolute atomic E-state index is 0.110. The summed E-state index contributed by atoms with van der Waals surface area (Å²) in [6.07, 6.45) is 0. The number of benzene rings is 3. The Labute approximate surface area is 176 Å². The molecule has 0 radical (unpaired) electrons. The number of rotatable bonds is 7. The highest BCUT2D eigenvalue weighted by molar-refractivity contribution is 9.10. The van der Waals surface area contributed by atoms with Crippen molar-refractivity contribution in [2.45, 2.75) is 9.79 Å². The zero-order valence-corrected chi connectivity index (χ0v) is 17.9. The molecule has 0 aromatic heterocycles. The predicted molar refractivity (Wildman–Crippen MR) is 117 cm³/mol. The van der Waals surface area contributed by atoms with Gasteiger partial charge in [0, 0.05) is 20.7 Å². The average molecular weight is 477 g/mol. The minimum atomic E-state index is -3.61. The molecule has 0 saturated heterocycles. The molecule has 0 aliphatic carbocycles. The van der Waals surface area contributed by atoms with Crippen LogP contribution in [0.1, 0.15) is 0 Å². The largest absolute Gasteiger partial charge is 0.325 e. The average Bonchev–Trinajstić information content (AvgIpc) is 2.70. The molecule has 5 nitrogen and oxygen atoms in total. The Kier molecular flexibility index (Phi) is 6.77. The first-order valence-corrected chi connectivity index (χ1v) is 11.5. The van der Waals surface area contributed by atoms with Gasteiger partial charge in [-0.15, -0.1) is 11.8 Å². The van der Waals surface area contributed by atoms with Crippen LogP contribution in [0.3, 0.4) is 0 Å². The maximum absolute atomic E-state index is 12.3. The van der Waals surface area contributed by atoms with E-state index in [0.717, 1.165) is 15.1 Å². The highest BCUT2D eigenvalue weighted by atomic mass is 79.9. The van der Waals surface area contributed by atoms with E-state index in [1.165, 1.54) is 23.9 Å². The molecular formula is C20H17BrN2O3S2. The summed E-state index contributed by atoms with van der Waals surface area (Å²) in [5, 5.41) is 2.83. The van der Waals surface area contributed by atoms with Crippen molar-refractivity contribution in [1.29, 1.82) is 0 Å². The first-order valence-electron chi connectivity index (χ1n) is 8.28. The minimum Gasteiger partial charge on any atom is -0.325 e. The van der Waals surface area contributed by atoms with E-state index in [-0.39, 0.29) is 16.6 Å². The lowest BCUT2D eigenvalue weighted by Crippen LogP contribution is -2.14. The standard InChI is InChI=1S/C20H17BrN2O3S2/c21-15-6-8-16(9-7-15)22-20(24)14-27-18-12-10-17(11-13-18)23-28(25,26)19-4-2-1-3-5-19/h1-13,23H,14H2,(H,22,24). The van der Waals surface area contributed by atoms with E-state index in [1.54, 1.807) is 42.5 Å². The number of nitrogens with one attached hydrogen (secondary N) is 2. The van der Waals surface area contributed by atoms with E-state index in [0.29, 0.717) is 5.69 Å². The third kappa shape index (κ3) is 5.85. The van der Waals surface area contributed by atoms with E-state index >= 15 is 0 Å². The molecule has 2 N–H and O–H groups in total. The molecule has 3 aromatic carbocycles. The number of amides is 1. The van der Waals surface area contributed by atoms with Crippen molar-refractivity contribution in [1.82, 2.24) is 0 Å². The molecule has 0 aliphatic heterocycles. The first kappa shape index (κ1) is 20.4. The number of carbonyl (C=O) groups excluding carboxylic acids is 1. The Balaban J connectivity index is 1.54. The van der Waals surface area contributed by atoms with Crippen molar-refractivity contribution < 1.29 is 13.2 Å². The second-order valence-electron chi connectivity index (χ2n) is 5.79. The first-order chi connectivity index (χ1) is 13.4. The van der Waals surface area contributed by atoms with E-state index in [9.17, 15) is 13.2 Å². The maximum atomic E-state index is 12.3. The third-order valence-corrected chi connectivity index (χ3v) is 6.60. The van der Waals surface area contributed by atoms with Gasteiger partial charge in [-0.25, -0.2) is 8.42 Å². The van der Waals surface area contributed by atoms with Gasteiger partial charge in [0.05, 0.1) is 10.6 Å². The summed E-state index contributed by atoms with van der Waals surface area (Å²) >= 11 is 4.73. The van der Waals surface area contributed by atoms with Crippen LogP contribution in [0.5, 0.6) is 0 Å². The maximum Gasteiger partial charge on any atom is 0.261 e. The van der Waals surface area contributed by atoms with E-state index in [4.69, 9.17) is 0 Å². The van der Waals surface area contributed by atoms with Crippen LogP contribution in [0.15, 0.2) is 93.1 Å². The molecule has 0 bridgehead atoms. The second kappa shape index (κ2) is 9.27. The molecule has 3 rings (SSSR count). The summed E-state index contributed by atoms with van der Waals surface area (Å²) in [5.41, 5.74) is 1.20. The summed E-state index contributed by atoms with van der Waals surface area (Å²) in [6, 6.07) is 22.5. The molecule has 0 fully saturated rings. The van der Waals surface area contributed by atoms with Crippen LogP contribution < -0.4 is 10.0 Å². The van der Waals surface area contributed by atoms with Crippen LogP contribution in [-0.4, -0.2) is 20.1 Å². The van der Waals surface area contributed by atoms with Crippen molar-refractivity contribution in [2.24, 2.45) is 0 Å². The molecule has 0 atom stereocenters. The molecule has 0 heterocycles. The van der Waals surface area contributed by atoms with Crippen molar-refractivity contribution in [3.63, 3.8) is 0 Å². The topological polar surface area (TPSA) is 75.3 Å². The van der Waals surface area contributed by atoms with Gasteiger partial charge in [-0.1, -0.05) is 34.1 Å². The molecule has 144 valence electrons. The summed E-state index contributed by atoms with van der Waals surface area (Å²) < 4.78 is 28.1. The number of carbonyl (C=O) groups is 1. The Morgan fingerprint density at radius 3 is 2.11 bits per heavy atom. The molecule has 0 aliphatic rings. The number of anilines is 2. The lowest BCUT2D eigenvalue weighted by Gasteiger charge is -2.09. The van der Waals surface area contributed by atoms with Gasteiger partial charge in [-0.2, -0.15) is 0 Å². The fourth-order valence-electron chi connectivity index (χ4n) is 2.31. The number of halogens is 1. The van der Waals surface area contributed by atoms with Crippen LogP contribution in [0.25, 0.3) is 0 Å². The zero-order valence-electron chi connectivity index (χ0n) is 14.6. The summed E-state index contributed by atoms with van der Waals surface area (Å²) in [5.74, 6) is 0.145. The summed E-state index contributed by atoms with van der Waals surface area (Å²) in [6.45, 7) is 0. The Hall–Kier alpha value is -2.29. The van der Waals surface area contributed by atoms with Crippen molar-refractivity contribution >= 4 is 55.0 Å². The number of hydrogen-bond donors (Lipinski definition) is 2. The molecule has 0 unspecified atom stereocenters. The molecule has 1 amide bonds. The van der Waals surface area contributed by atoms with E-state index < -0.39 is 10.0 Å². The van der Waals surface area contributed by atoms with Crippen LogP contribution in [0, 0.1) is 0 Å². The van der Waals surface area contributed by atoms with Gasteiger partial charge in [0.2, 0.25) is 5.91 Å². The molecule has 8 heteroatoms. The second-order valence-corrected chi connectivity index (χ2v) is 9.43. The highest BCUT2D eigenvalue weighted by Crippen LogP contribution is 2.22. The van der Waals surface area contributed by atoms with Gasteiger partial charge in [-0.3, -0.25) is 9.52 Å². The van der Waals surface area contributed by atoms with Crippen LogP contribution >= 0.6 is 27.7 Å². The van der Waals surface area contributed by atoms with Gasteiger partial charge in [-0.05, 0) is 60.7 Å².